The van der Waals surface area contributed by atoms with E-state index in [9.17, 15) is 14.0 Å². The molecule has 2 N–H and O–H groups in total. The minimum absolute atomic E-state index is 0.0110. The van der Waals surface area contributed by atoms with Crippen molar-refractivity contribution in [1.82, 2.24) is 10.2 Å². The Hall–Kier alpha value is -3.09. The van der Waals surface area contributed by atoms with E-state index in [4.69, 9.17) is 4.74 Å². The van der Waals surface area contributed by atoms with Crippen LogP contribution in [0.15, 0.2) is 48.5 Å². The van der Waals surface area contributed by atoms with Crippen LogP contribution >= 0.6 is 0 Å². The molecule has 0 aliphatic heterocycles. The molecule has 3 amide bonds. The number of carbonyl (C=O) groups excluding carboxylic acids is 2. The van der Waals surface area contributed by atoms with Gasteiger partial charge in [0, 0.05) is 37.8 Å². The summed E-state index contributed by atoms with van der Waals surface area (Å²) in [5.41, 5.74) is 1.53. The summed E-state index contributed by atoms with van der Waals surface area (Å²) in [5.74, 6) is 0.00767. The van der Waals surface area contributed by atoms with Crippen molar-refractivity contribution in [3.63, 3.8) is 0 Å². The van der Waals surface area contributed by atoms with Gasteiger partial charge in [-0.25, -0.2) is 9.18 Å². The van der Waals surface area contributed by atoms with E-state index in [1.165, 1.54) is 12.1 Å². The molecule has 1 fully saturated rings. The fraction of sp³-hybridized carbons (Fsp3) is 0.364. The summed E-state index contributed by atoms with van der Waals surface area (Å²) < 4.78 is 18.5. The number of anilines is 1. The van der Waals surface area contributed by atoms with E-state index >= 15 is 0 Å². The van der Waals surface area contributed by atoms with Gasteiger partial charge < -0.3 is 20.3 Å². The Kier molecular flexibility index (Phi) is 6.36. The zero-order chi connectivity index (χ0) is 21.0. The number of benzene rings is 2. The van der Waals surface area contributed by atoms with E-state index in [-0.39, 0.29) is 35.6 Å². The summed E-state index contributed by atoms with van der Waals surface area (Å²) in [7, 11) is 5.01. The Bertz CT molecular complexity index is 870. The van der Waals surface area contributed by atoms with Crippen LogP contribution in [0.4, 0.5) is 14.9 Å². The van der Waals surface area contributed by atoms with Gasteiger partial charge in [0.1, 0.15) is 11.6 Å². The topological polar surface area (TPSA) is 70.7 Å². The molecule has 0 unspecified atom stereocenters. The van der Waals surface area contributed by atoms with Crippen molar-refractivity contribution in [1.29, 1.82) is 0 Å². The van der Waals surface area contributed by atoms with Crippen molar-refractivity contribution in [2.75, 3.05) is 26.5 Å². The molecule has 154 valence electrons. The average molecular weight is 399 g/mol. The molecule has 3 atom stereocenters. The van der Waals surface area contributed by atoms with Crippen molar-refractivity contribution in [2.24, 2.45) is 5.92 Å². The summed E-state index contributed by atoms with van der Waals surface area (Å²) in [4.78, 5) is 26.7. The van der Waals surface area contributed by atoms with Crippen LogP contribution in [0.3, 0.4) is 0 Å². The predicted molar refractivity (Wildman–Crippen MR) is 109 cm³/mol. The minimum Gasteiger partial charge on any atom is -0.497 e. The smallest absolute Gasteiger partial charge is 0.319 e. The van der Waals surface area contributed by atoms with Crippen LogP contribution < -0.4 is 15.4 Å². The van der Waals surface area contributed by atoms with Crippen LogP contribution in [0.1, 0.15) is 24.3 Å². The van der Waals surface area contributed by atoms with E-state index in [0.29, 0.717) is 24.3 Å². The van der Waals surface area contributed by atoms with Gasteiger partial charge in [0.15, 0.2) is 0 Å². The largest absolute Gasteiger partial charge is 0.497 e. The van der Waals surface area contributed by atoms with E-state index < -0.39 is 0 Å². The number of nitrogens with zero attached hydrogens (tertiary/aromatic N) is 1. The first-order chi connectivity index (χ1) is 13.9. The van der Waals surface area contributed by atoms with Crippen LogP contribution in [0.5, 0.6) is 5.75 Å². The second-order valence-corrected chi connectivity index (χ2v) is 7.50. The normalized spacial score (nSPS) is 20.8. The van der Waals surface area contributed by atoms with Crippen molar-refractivity contribution >= 4 is 17.6 Å². The summed E-state index contributed by atoms with van der Waals surface area (Å²) in [6.07, 6.45) is 1.14. The monoisotopic (exact) mass is 399 g/mol. The maximum atomic E-state index is 13.3. The molecule has 0 heterocycles. The first-order valence-electron chi connectivity index (χ1n) is 9.55. The van der Waals surface area contributed by atoms with E-state index in [1.54, 1.807) is 62.5 Å². The second kappa shape index (κ2) is 8.94. The average Bonchev–Trinajstić information content (AvgIpc) is 3.11. The predicted octanol–water partition coefficient (Wildman–Crippen LogP) is 3.61. The number of methoxy groups -OCH3 is 1. The lowest BCUT2D eigenvalue weighted by molar-refractivity contribution is -0.133. The fourth-order valence-corrected chi connectivity index (χ4v) is 3.89. The SMILES string of the molecule is COc1cccc(NC(=O)N[C@@H]2C[C@H](C(=O)N(C)C)[C@@H](c3ccc(F)cc3)C2)c1. The van der Waals surface area contributed by atoms with E-state index in [2.05, 4.69) is 10.6 Å². The summed E-state index contributed by atoms with van der Waals surface area (Å²) >= 11 is 0. The zero-order valence-electron chi connectivity index (χ0n) is 16.8. The van der Waals surface area contributed by atoms with E-state index in [1.807, 2.05) is 0 Å². The number of hydrogen-bond donors (Lipinski definition) is 2. The number of urea groups is 1. The number of carbonyl (C=O) groups is 2. The first kappa shape index (κ1) is 20.6. The Balaban J connectivity index is 1.70. The number of rotatable bonds is 5. The molecule has 0 radical (unpaired) electrons. The molecular formula is C22H26FN3O3. The quantitative estimate of drug-likeness (QED) is 0.807. The third-order valence-corrected chi connectivity index (χ3v) is 5.28. The van der Waals surface area contributed by atoms with Crippen LogP contribution in [0, 0.1) is 11.7 Å². The number of amides is 3. The molecule has 7 heteroatoms. The van der Waals surface area contributed by atoms with Gasteiger partial charge in [0.05, 0.1) is 7.11 Å². The highest BCUT2D eigenvalue weighted by Crippen LogP contribution is 2.40. The summed E-state index contributed by atoms with van der Waals surface area (Å²) in [5, 5.41) is 5.76. The van der Waals surface area contributed by atoms with Crippen molar-refractivity contribution in [3.05, 3.63) is 59.9 Å². The summed E-state index contributed by atoms with van der Waals surface area (Å²) in [6.45, 7) is 0. The van der Waals surface area contributed by atoms with Gasteiger partial charge >= 0.3 is 6.03 Å². The molecule has 3 rings (SSSR count). The maximum Gasteiger partial charge on any atom is 0.319 e. The standard InChI is InChI=1S/C22H26FN3O3/c1-26(2)21(27)20-13-17(12-19(20)14-7-9-15(23)10-8-14)25-22(28)24-16-5-4-6-18(11-16)29-3/h4-11,17,19-20H,12-13H2,1-3H3,(H2,24,25,28)/t17-,19+,20-/m0/s1. The molecule has 1 aliphatic rings. The number of nitrogens with one attached hydrogen (secondary N) is 2. The van der Waals surface area contributed by atoms with Gasteiger partial charge in [0.2, 0.25) is 5.91 Å². The van der Waals surface area contributed by atoms with Gasteiger partial charge in [-0.05, 0) is 48.6 Å². The molecule has 0 bridgehead atoms. The highest BCUT2D eigenvalue weighted by molar-refractivity contribution is 5.90. The highest BCUT2D eigenvalue weighted by Gasteiger charge is 2.40. The van der Waals surface area contributed by atoms with Crippen molar-refractivity contribution < 1.29 is 18.7 Å². The van der Waals surface area contributed by atoms with Crippen LogP contribution in [-0.4, -0.2) is 44.1 Å². The second-order valence-electron chi connectivity index (χ2n) is 7.50. The van der Waals surface area contributed by atoms with Crippen LogP contribution in [-0.2, 0) is 4.79 Å². The molecule has 6 nitrogen and oxygen atoms in total. The Morgan fingerprint density at radius 2 is 1.83 bits per heavy atom. The molecule has 0 saturated heterocycles. The molecular weight excluding hydrogens is 373 g/mol. The lowest BCUT2D eigenvalue weighted by Gasteiger charge is -2.22. The third-order valence-electron chi connectivity index (χ3n) is 5.28. The Morgan fingerprint density at radius 3 is 2.48 bits per heavy atom. The molecule has 0 aromatic heterocycles. The van der Waals surface area contributed by atoms with Crippen LogP contribution in [0.2, 0.25) is 0 Å². The molecule has 0 spiro atoms. The minimum atomic E-state index is -0.334. The van der Waals surface area contributed by atoms with Crippen molar-refractivity contribution in [2.45, 2.75) is 24.8 Å². The molecule has 29 heavy (non-hydrogen) atoms. The van der Waals surface area contributed by atoms with Gasteiger partial charge in [-0.2, -0.15) is 0 Å². The fourth-order valence-electron chi connectivity index (χ4n) is 3.89. The maximum absolute atomic E-state index is 13.3. The zero-order valence-corrected chi connectivity index (χ0v) is 16.8. The molecule has 2 aromatic carbocycles. The lowest BCUT2D eigenvalue weighted by atomic mass is 9.88. The molecule has 2 aromatic rings. The van der Waals surface area contributed by atoms with Gasteiger partial charge in [-0.1, -0.05) is 18.2 Å². The number of hydrogen-bond acceptors (Lipinski definition) is 3. The Labute approximate surface area is 170 Å². The summed E-state index contributed by atoms with van der Waals surface area (Å²) in [6, 6.07) is 12.8. The third kappa shape index (κ3) is 5.04. The highest BCUT2D eigenvalue weighted by atomic mass is 19.1. The molecule has 1 saturated carbocycles. The van der Waals surface area contributed by atoms with Crippen molar-refractivity contribution in [3.8, 4) is 5.75 Å². The first-order valence-corrected chi connectivity index (χ1v) is 9.55. The van der Waals surface area contributed by atoms with Gasteiger partial charge in [0.25, 0.3) is 0 Å². The molecule has 1 aliphatic carbocycles. The Morgan fingerprint density at radius 1 is 1.10 bits per heavy atom. The van der Waals surface area contributed by atoms with E-state index in [0.717, 1.165) is 5.56 Å². The van der Waals surface area contributed by atoms with Crippen LogP contribution in [0.25, 0.3) is 0 Å². The van der Waals surface area contributed by atoms with Gasteiger partial charge in [-0.15, -0.1) is 0 Å². The number of halogens is 1. The number of ether oxygens (including phenoxy) is 1. The lowest BCUT2D eigenvalue weighted by Crippen LogP contribution is -2.37. The van der Waals surface area contributed by atoms with Gasteiger partial charge in [-0.3, -0.25) is 4.79 Å².